The lowest BCUT2D eigenvalue weighted by Crippen LogP contribution is -2.54. The summed E-state index contributed by atoms with van der Waals surface area (Å²) in [6.45, 7) is 3.40. The molecule has 3 aliphatic heterocycles. The van der Waals surface area contributed by atoms with Crippen LogP contribution in [0.3, 0.4) is 0 Å². The summed E-state index contributed by atoms with van der Waals surface area (Å²) in [6.07, 6.45) is 5.17. The Morgan fingerprint density at radius 2 is 1.62 bits per heavy atom. The van der Waals surface area contributed by atoms with E-state index in [2.05, 4.69) is 25.8 Å². The Morgan fingerprint density at radius 1 is 0.934 bits per heavy atom. The first-order chi connectivity index (χ1) is 29.5. The van der Waals surface area contributed by atoms with Crippen molar-refractivity contribution in [2.24, 2.45) is 13.0 Å². The first-order valence-electron chi connectivity index (χ1n) is 19.5. The number of aromatic nitrogens is 2. The lowest BCUT2D eigenvalue weighted by molar-refractivity contribution is -0.136. The molecule has 0 bridgehead atoms. The van der Waals surface area contributed by atoms with Crippen LogP contribution in [-0.2, 0) is 42.2 Å². The molecule has 5 amide bonds. The molecule has 0 radical (unpaired) electrons. The molecule has 0 saturated carbocycles. The number of hydrogen-bond donors (Lipinski definition) is 4. The van der Waals surface area contributed by atoms with Gasteiger partial charge in [0, 0.05) is 76.0 Å². The summed E-state index contributed by atoms with van der Waals surface area (Å²) in [5, 5.41) is 16.5. The van der Waals surface area contributed by atoms with Gasteiger partial charge in [0.1, 0.15) is 17.5 Å². The predicted octanol–water partition coefficient (Wildman–Crippen LogP) is 1.41. The highest BCUT2D eigenvalue weighted by atomic mass is 16.5. The topological polar surface area (TPSA) is 237 Å². The van der Waals surface area contributed by atoms with Gasteiger partial charge in [0.15, 0.2) is 0 Å². The molecule has 322 valence electrons. The number of imide groups is 2. The van der Waals surface area contributed by atoms with Crippen molar-refractivity contribution in [2.45, 2.75) is 25.4 Å². The summed E-state index contributed by atoms with van der Waals surface area (Å²) >= 11 is 0. The summed E-state index contributed by atoms with van der Waals surface area (Å²) in [5.74, 6) is -1.14. The summed E-state index contributed by atoms with van der Waals surface area (Å²) in [6, 6.07) is 9.55. The zero-order chi connectivity index (χ0) is 43.6. The summed E-state index contributed by atoms with van der Waals surface area (Å²) in [5.41, 5.74) is 3.27. The average molecular weight is 842 g/mol. The standard InChI is InChI=1S/C41H45N7O10.CH2O2/c1-46-22-29(26-9-10-42-19-28(26)39(46)52)24-17-33(55-2)30(34(18-24)56-3)23-47-20-25(21-47)37(50)44-12-14-58-16-15-57-13-11-43-31-6-4-5-27-36(31)41(54)48(40(27)53)32-7-8-35(49)45-38(32)51;2-1-3/h4-6,9-10,17-19,22,25,32,43H,7-8,11-16,20-21,23H2,1-3H3,(H,44,50)(H,45,49,51);1H,(H,2,3). The SMILES string of the molecule is COc1cc(-c2cn(C)c(=O)c3cnccc23)cc(OC)c1CN1CC(C(=O)NCCOCCOCCNc2cccc3c2C(=O)N(C2CCC(=O)NC2=O)C3=O)C1.O=CO. The number of ether oxygens (including phenoxy) is 4. The second kappa shape index (κ2) is 20.0. The number of fused-ring (bicyclic) bond motifs is 2. The maximum absolute atomic E-state index is 13.2. The number of nitrogens with zero attached hydrogens (tertiary/aromatic N) is 4. The van der Waals surface area contributed by atoms with Crippen LogP contribution < -0.4 is 31.0 Å². The number of carbonyl (C=O) groups is 6. The molecule has 4 aromatic rings. The van der Waals surface area contributed by atoms with Gasteiger partial charge in [-0.15, -0.1) is 0 Å². The average Bonchev–Trinajstić information content (AvgIpc) is 3.49. The van der Waals surface area contributed by atoms with Gasteiger partial charge in [-0.2, -0.15) is 0 Å². The molecule has 4 N–H and O–H groups in total. The third-order valence-corrected chi connectivity index (χ3v) is 10.6. The summed E-state index contributed by atoms with van der Waals surface area (Å²) < 4.78 is 24.4. The molecule has 1 atom stereocenters. The number of carbonyl (C=O) groups excluding carboxylic acids is 5. The number of nitrogens with one attached hydrogen (secondary N) is 3. The van der Waals surface area contributed by atoms with Gasteiger partial charge in [-0.25, -0.2) is 0 Å². The van der Waals surface area contributed by atoms with Crippen LogP contribution in [0.15, 0.2) is 59.8 Å². The van der Waals surface area contributed by atoms with E-state index < -0.39 is 29.7 Å². The molecule has 19 heteroatoms. The highest BCUT2D eigenvalue weighted by Crippen LogP contribution is 2.39. The molecule has 3 aliphatic rings. The normalized spacial score (nSPS) is 16.3. The Kier molecular flexibility index (Phi) is 14.4. The Bertz CT molecular complexity index is 2350. The Morgan fingerprint density at radius 3 is 2.30 bits per heavy atom. The number of hydrogen-bond acceptors (Lipinski definition) is 14. The van der Waals surface area contributed by atoms with Crippen LogP contribution in [-0.4, -0.2) is 133 Å². The number of likely N-dealkylation sites (tertiary alicyclic amines) is 1. The van der Waals surface area contributed by atoms with Crippen LogP contribution in [0.5, 0.6) is 11.5 Å². The third kappa shape index (κ3) is 9.69. The fraction of sp³-hybridized carbons (Fsp3) is 0.381. The lowest BCUT2D eigenvalue weighted by atomic mass is 9.96. The molecule has 2 saturated heterocycles. The molecule has 2 fully saturated rings. The van der Waals surface area contributed by atoms with Gasteiger partial charge < -0.3 is 39.3 Å². The Balaban J connectivity index is 0.00000201. The molecular formula is C42H47N7O12. The molecule has 61 heavy (non-hydrogen) atoms. The molecule has 7 rings (SSSR count). The van der Waals surface area contributed by atoms with Crippen molar-refractivity contribution < 1.29 is 52.8 Å². The number of benzene rings is 2. The lowest BCUT2D eigenvalue weighted by Gasteiger charge is -2.38. The van der Waals surface area contributed by atoms with Crippen LogP contribution >= 0.6 is 0 Å². The minimum Gasteiger partial charge on any atom is -0.496 e. The highest BCUT2D eigenvalue weighted by Gasteiger charge is 2.45. The second-order valence-corrected chi connectivity index (χ2v) is 14.4. The van der Waals surface area contributed by atoms with Crippen molar-refractivity contribution >= 4 is 52.5 Å². The predicted molar refractivity (Wildman–Crippen MR) is 219 cm³/mol. The first kappa shape index (κ1) is 43.9. The minimum absolute atomic E-state index is 0.0414. The van der Waals surface area contributed by atoms with Gasteiger partial charge >= 0.3 is 0 Å². The van der Waals surface area contributed by atoms with Gasteiger partial charge in [-0.05, 0) is 47.7 Å². The van der Waals surface area contributed by atoms with Gasteiger partial charge in [-0.1, -0.05) is 6.07 Å². The number of pyridine rings is 2. The Hall–Kier alpha value is -6.70. The molecular weight excluding hydrogens is 794 g/mol. The molecule has 1 unspecified atom stereocenters. The van der Waals surface area contributed by atoms with E-state index in [4.69, 9.17) is 28.8 Å². The van der Waals surface area contributed by atoms with Gasteiger partial charge in [0.05, 0.1) is 68.6 Å². The van der Waals surface area contributed by atoms with Crippen LogP contribution in [0.4, 0.5) is 5.69 Å². The van der Waals surface area contributed by atoms with E-state index in [1.54, 1.807) is 58.1 Å². The van der Waals surface area contributed by atoms with E-state index in [0.29, 0.717) is 81.7 Å². The van der Waals surface area contributed by atoms with Crippen LogP contribution in [0, 0.1) is 5.92 Å². The van der Waals surface area contributed by atoms with E-state index >= 15 is 0 Å². The van der Waals surface area contributed by atoms with E-state index in [1.807, 2.05) is 18.2 Å². The molecule has 5 heterocycles. The van der Waals surface area contributed by atoms with Gasteiger partial charge in [0.2, 0.25) is 17.7 Å². The molecule has 19 nitrogen and oxygen atoms in total. The van der Waals surface area contributed by atoms with Crippen molar-refractivity contribution in [3.63, 3.8) is 0 Å². The van der Waals surface area contributed by atoms with Gasteiger partial charge in [0.25, 0.3) is 23.8 Å². The number of aryl methyl sites for hydroxylation is 1. The molecule has 2 aromatic carbocycles. The van der Waals surface area contributed by atoms with Crippen LogP contribution in [0.25, 0.3) is 21.9 Å². The van der Waals surface area contributed by atoms with Crippen LogP contribution in [0.2, 0.25) is 0 Å². The van der Waals surface area contributed by atoms with Crippen molar-refractivity contribution in [1.29, 1.82) is 0 Å². The summed E-state index contributed by atoms with van der Waals surface area (Å²) in [7, 11) is 4.93. The number of amides is 5. The van der Waals surface area contributed by atoms with Crippen molar-refractivity contribution in [3.8, 4) is 22.6 Å². The maximum Gasteiger partial charge on any atom is 0.290 e. The van der Waals surface area contributed by atoms with E-state index in [9.17, 15) is 28.8 Å². The van der Waals surface area contributed by atoms with Gasteiger partial charge in [-0.3, -0.25) is 53.7 Å². The number of methoxy groups -OCH3 is 2. The monoisotopic (exact) mass is 841 g/mol. The number of anilines is 1. The Labute approximate surface area is 349 Å². The maximum atomic E-state index is 13.2. The van der Waals surface area contributed by atoms with E-state index in [-0.39, 0.29) is 47.8 Å². The van der Waals surface area contributed by atoms with Crippen LogP contribution in [0.1, 0.15) is 39.1 Å². The molecule has 0 aliphatic carbocycles. The molecule has 0 spiro atoms. The third-order valence-electron chi connectivity index (χ3n) is 10.6. The summed E-state index contributed by atoms with van der Waals surface area (Å²) in [4.78, 5) is 91.3. The number of rotatable bonds is 17. The minimum atomic E-state index is -1.03. The van der Waals surface area contributed by atoms with E-state index in [1.165, 1.54) is 4.57 Å². The quantitative estimate of drug-likeness (QED) is 0.0668. The first-order valence-corrected chi connectivity index (χ1v) is 19.5. The van der Waals surface area contributed by atoms with E-state index in [0.717, 1.165) is 27.0 Å². The fourth-order valence-corrected chi connectivity index (χ4v) is 7.56. The number of carboxylic acid groups (broad SMARTS) is 1. The zero-order valence-corrected chi connectivity index (χ0v) is 33.9. The van der Waals surface area contributed by atoms with Crippen molar-refractivity contribution in [3.05, 3.63) is 82.0 Å². The fourth-order valence-electron chi connectivity index (χ4n) is 7.56. The smallest absolute Gasteiger partial charge is 0.290 e. The highest BCUT2D eigenvalue weighted by molar-refractivity contribution is 6.25. The van der Waals surface area contributed by atoms with Crippen molar-refractivity contribution in [2.75, 3.05) is 72.1 Å². The van der Waals surface area contributed by atoms with Crippen molar-refractivity contribution in [1.82, 2.24) is 30.0 Å². The largest absolute Gasteiger partial charge is 0.496 e. The molecule has 2 aromatic heterocycles. The number of piperidine rings is 1. The second-order valence-electron chi connectivity index (χ2n) is 14.4. The zero-order valence-electron chi connectivity index (χ0n) is 33.9.